The van der Waals surface area contributed by atoms with E-state index in [1.165, 1.54) is 80.6 Å². The Bertz CT molecular complexity index is 545. The maximum Gasteiger partial charge on any atom is 0.254 e. The molecular formula is C24H38INO. The van der Waals surface area contributed by atoms with Crippen LogP contribution in [-0.4, -0.2) is 28.3 Å². The summed E-state index contributed by atoms with van der Waals surface area (Å²) in [6, 6.07) is 8.29. The number of carbonyl (C=O) groups excluding carboxylic acids is 1. The van der Waals surface area contributed by atoms with Crippen LogP contribution >= 0.6 is 22.6 Å². The molecule has 0 N–H and O–H groups in total. The van der Waals surface area contributed by atoms with Gasteiger partial charge in [0, 0.05) is 24.6 Å². The van der Waals surface area contributed by atoms with Crippen molar-refractivity contribution in [2.45, 2.75) is 89.9 Å². The van der Waals surface area contributed by atoms with Gasteiger partial charge in [-0.1, -0.05) is 106 Å². The van der Waals surface area contributed by atoms with Gasteiger partial charge >= 0.3 is 0 Å². The van der Waals surface area contributed by atoms with E-state index in [4.69, 9.17) is 0 Å². The minimum absolute atomic E-state index is 0.257. The Labute approximate surface area is 180 Å². The summed E-state index contributed by atoms with van der Waals surface area (Å²) in [5, 5.41) is 0. The first-order chi connectivity index (χ1) is 13.3. The van der Waals surface area contributed by atoms with Crippen molar-refractivity contribution in [3.05, 3.63) is 35.4 Å². The smallest absolute Gasteiger partial charge is 0.254 e. The normalized spacial score (nSPS) is 16.6. The fourth-order valence-corrected chi connectivity index (χ4v) is 4.66. The molecule has 1 aliphatic heterocycles. The molecule has 1 atom stereocenters. The number of carbonyl (C=O) groups is 1. The zero-order chi connectivity index (χ0) is 19.3. The van der Waals surface area contributed by atoms with Crippen LogP contribution in [0.2, 0.25) is 0 Å². The number of rotatable bonds is 14. The minimum atomic E-state index is 0.257. The van der Waals surface area contributed by atoms with Gasteiger partial charge in [0.2, 0.25) is 0 Å². The summed E-state index contributed by atoms with van der Waals surface area (Å²) in [7, 11) is 0. The number of hydrogen-bond donors (Lipinski definition) is 0. The van der Waals surface area contributed by atoms with Crippen LogP contribution in [-0.2, 0) is 0 Å². The Morgan fingerprint density at radius 2 is 1.56 bits per heavy atom. The lowest BCUT2D eigenvalue weighted by molar-refractivity contribution is 0.0715. The monoisotopic (exact) mass is 483 g/mol. The number of fused-ring (bicyclic) bond motifs is 1. The molecule has 1 unspecified atom stereocenters. The molecule has 0 spiro atoms. The Morgan fingerprint density at radius 3 is 2.22 bits per heavy atom. The van der Waals surface area contributed by atoms with Gasteiger partial charge in [-0.15, -0.1) is 0 Å². The van der Waals surface area contributed by atoms with Gasteiger partial charge in [-0.2, -0.15) is 0 Å². The largest absolute Gasteiger partial charge is 0.338 e. The zero-order valence-corrected chi connectivity index (χ0v) is 19.4. The highest BCUT2D eigenvalue weighted by molar-refractivity contribution is 14.1. The molecule has 1 aliphatic rings. The second-order valence-electron chi connectivity index (χ2n) is 8.05. The summed E-state index contributed by atoms with van der Waals surface area (Å²) in [6.45, 7) is 4.13. The maximum absolute atomic E-state index is 12.9. The highest BCUT2D eigenvalue weighted by Crippen LogP contribution is 2.32. The Morgan fingerprint density at radius 1 is 0.926 bits per heavy atom. The summed E-state index contributed by atoms with van der Waals surface area (Å²) in [5.41, 5.74) is 2.24. The van der Waals surface area contributed by atoms with Crippen LogP contribution < -0.4 is 0 Å². The first-order valence-electron chi connectivity index (χ1n) is 11.2. The lowest BCUT2D eigenvalue weighted by Gasteiger charge is -2.34. The van der Waals surface area contributed by atoms with Gasteiger partial charge < -0.3 is 4.90 Å². The van der Waals surface area contributed by atoms with Crippen molar-refractivity contribution < 1.29 is 4.79 Å². The third-order valence-corrected chi connectivity index (χ3v) is 6.59. The van der Waals surface area contributed by atoms with E-state index in [2.05, 4.69) is 46.5 Å². The van der Waals surface area contributed by atoms with E-state index in [0.717, 1.165) is 25.1 Å². The third kappa shape index (κ3) is 7.75. The molecule has 0 aromatic heterocycles. The number of alkyl halides is 1. The van der Waals surface area contributed by atoms with Crippen molar-refractivity contribution in [1.29, 1.82) is 0 Å². The van der Waals surface area contributed by atoms with Gasteiger partial charge in [-0.3, -0.25) is 4.79 Å². The molecule has 0 radical (unpaired) electrons. The Hall–Kier alpha value is -0.580. The molecule has 1 heterocycles. The standard InChI is InChI=1S/C24H38INO/c1-2-3-4-5-6-7-8-9-10-13-19-26-20-21(15-14-18-25)22-16-11-12-17-23(22)24(26)27/h11-12,16-17,21H,2-10,13-15,18-20H2,1H3. The van der Waals surface area contributed by atoms with Crippen LogP contribution in [0, 0.1) is 0 Å². The van der Waals surface area contributed by atoms with Crippen LogP contribution in [0.15, 0.2) is 24.3 Å². The van der Waals surface area contributed by atoms with Crippen molar-refractivity contribution in [1.82, 2.24) is 4.90 Å². The number of hydrogen-bond acceptors (Lipinski definition) is 1. The van der Waals surface area contributed by atoms with E-state index >= 15 is 0 Å². The van der Waals surface area contributed by atoms with Gasteiger partial charge in [0.1, 0.15) is 0 Å². The fraction of sp³-hybridized carbons (Fsp3) is 0.708. The molecule has 3 heteroatoms. The van der Waals surface area contributed by atoms with E-state index in [1.54, 1.807) is 0 Å². The van der Waals surface area contributed by atoms with E-state index < -0.39 is 0 Å². The van der Waals surface area contributed by atoms with E-state index in [-0.39, 0.29) is 5.91 Å². The number of unbranched alkanes of at least 4 members (excludes halogenated alkanes) is 9. The molecule has 0 saturated heterocycles. The molecule has 1 aromatic rings. The summed E-state index contributed by atoms with van der Waals surface area (Å²) >= 11 is 2.46. The van der Waals surface area contributed by atoms with E-state index in [1.807, 2.05) is 12.1 Å². The molecule has 2 nitrogen and oxygen atoms in total. The topological polar surface area (TPSA) is 20.3 Å². The molecule has 0 saturated carbocycles. The molecule has 0 fully saturated rings. The van der Waals surface area contributed by atoms with Crippen molar-refractivity contribution >= 4 is 28.5 Å². The average molecular weight is 483 g/mol. The number of benzene rings is 1. The van der Waals surface area contributed by atoms with Gasteiger partial charge in [-0.05, 0) is 35.3 Å². The number of amides is 1. The second-order valence-corrected chi connectivity index (χ2v) is 9.13. The number of nitrogens with zero attached hydrogens (tertiary/aromatic N) is 1. The molecule has 1 amide bonds. The predicted molar refractivity (Wildman–Crippen MR) is 125 cm³/mol. The van der Waals surface area contributed by atoms with Crippen LogP contribution in [0.4, 0.5) is 0 Å². The summed E-state index contributed by atoms with van der Waals surface area (Å²) in [6.07, 6.45) is 15.9. The van der Waals surface area contributed by atoms with Crippen molar-refractivity contribution in [2.24, 2.45) is 0 Å². The first-order valence-corrected chi connectivity index (χ1v) is 12.7. The molecule has 152 valence electrons. The van der Waals surface area contributed by atoms with Crippen molar-refractivity contribution in [3.8, 4) is 0 Å². The van der Waals surface area contributed by atoms with Gasteiger partial charge in [-0.25, -0.2) is 0 Å². The van der Waals surface area contributed by atoms with E-state index in [0.29, 0.717) is 5.92 Å². The van der Waals surface area contributed by atoms with Crippen molar-refractivity contribution in [3.63, 3.8) is 0 Å². The van der Waals surface area contributed by atoms with Crippen LogP contribution in [0.3, 0.4) is 0 Å². The number of halogens is 1. The fourth-order valence-electron chi connectivity index (χ4n) is 4.22. The quantitative estimate of drug-likeness (QED) is 0.154. The lowest BCUT2D eigenvalue weighted by Crippen LogP contribution is -2.40. The second kappa shape index (κ2) is 13.6. The Kier molecular flexibility index (Phi) is 11.4. The zero-order valence-electron chi connectivity index (χ0n) is 17.2. The van der Waals surface area contributed by atoms with Gasteiger partial charge in [0.05, 0.1) is 0 Å². The highest BCUT2D eigenvalue weighted by atomic mass is 127. The summed E-state index contributed by atoms with van der Waals surface area (Å²) < 4.78 is 1.20. The SMILES string of the molecule is CCCCCCCCCCCCN1CC(CCCI)c2ccccc2C1=O. The minimum Gasteiger partial charge on any atom is -0.338 e. The molecule has 1 aromatic carbocycles. The molecule has 27 heavy (non-hydrogen) atoms. The van der Waals surface area contributed by atoms with Crippen molar-refractivity contribution in [2.75, 3.05) is 17.5 Å². The molecular weight excluding hydrogens is 445 g/mol. The Balaban J connectivity index is 1.69. The third-order valence-electron chi connectivity index (χ3n) is 5.83. The molecule has 2 rings (SSSR count). The van der Waals surface area contributed by atoms with Crippen LogP contribution in [0.5, 0.6) is 0 Å². The molecule has 0 bridgehead atoms. The van der Waals surface area contributed by atoms with Gasteiger partial charge in [0.15, 0.2) is 0 Å². The first kappa shape index (κ1) is 22.7. The van der Waals surface area contributed by atoms with E-state index in [9.17, 15) is 4.79 Å². The van der Waals surface area contributed by atoms with Crippen LogP contribution in [0.25, 0.3) is 0 Å². The highest BCUT2D eigenvalue weighted by Gasteiger charge is 2.30. The van der Waals surface area contributed by atoms with Gasteiger partial charge in [0.25, 0.3) is 5.91 Å². The summed E-state index contributed by atoms with van der Waals surface area (Å²) in [4.78, 5) is 15.0. The average Bonchev–Trinajstić information content (AvgIpc) is 2.70. The lowest BCUT2D eigenvalue weighted by atomic mass is 9.86. The summed E-state index contributed by atoms with van der Waals surface area (Å²) in [5.74, 6) is 0.782. The molecule has 0 aliphatic carbocycles. The predicted octanol–water partition coefficient (Wildman–Crippen LogP) is 7.36. The maximum atomic E-state index is 12.9. The van der Waals surface area contributed by atoms with Crippen LogP contribution in [0.1, 0.15) is 106 Å².